The standard InChI is InChI=1S/C13H19ClO2/c1-15-12-6-8-13(9-7-12)16-11-5-3-2-4-10-14/h6-9H,2-5,10-11H2,1H3. The third-order valence-corrected chi connectivity index (χ3v) is 2.62. The first kappa shape index (κ1) is 13.2. The van der Waals surface area contributed by atoms with Crippen molar-refractivity contribution in [1.29, 1.82) is 0 Å². The van der Waals surface area contributed by atoms with Gasteiger partial charge < -0.3 is 9.47 Å². The summed E-state index contributed by atoms with van der Waals surface area (Å²) in [7, 11) is 1.66. The van der Waals surface area contributed by atoms with Crippen LogP contribution >= 0.6 is 11.6 Å². The highest BCUT2D eigenvalue weighted by Crippen LogP contribution is 2.17. The number of alkyl halides is 1. The van der Waals surface area contributed by atoms with Crippen molar-refractivity contribution in [3.63, 3.8) is 0 Å². The van der Waals surface area contributed by atoms with E-state index >= 15 is 0 Å². The van der Waals surface area contributed by atoms with E-state index in [1.807, 2.05) is 24.3 Å². The lowest BCUT2D eigenvalue weighted by Crippen LogP contribution is -1.97. The number of methoxy groups -OCH3 is 1. The molecule has 0 saturated carbocycles. The lowest BCUT2D eigenvalue weighted by Gasteiger charge is -2.06. The Bertz CT molecular complexity index is 272. The average Bonchev–Trinajstić information content (AvgIpc) is 2.34. The molecule has 0 aliphatic heterocycles. The molecule has 0 amide bonds. The minimum Gasteiger partial charge on any atom is -0.497 e. The maximum absolute atomic E-state index is 5.60. The first-order chi connectivity index (χ1) is 7.86. The lowest BCUT2D eigenvalue weighted by atomic mass is 10.2. The smallest absolute Gasteiger partial charge is 0.119 e. The molecule has 1 aromatic rings. The Labute approximate surface area is 103 Å². The molecule has 0 saturated heterocycles. The van der Waals surface area contributed by atoms with E-state index in [1.165, 1.54) is 12.8 Å². The fourth-order valence-electron chi connectivity index (χ4n) is 1.41. The monoisotopic (exact) mass is 242 g/mol. The van der Waals surface area contributed by atoms with Crippen LogP contribution in [0.2, 0.25) is 0 Å². The summed E-state index contributed by atoms with van der Waals surface area (Å²) in [6, 6.07) is 7.67. The van der Waals surface area contributed by atoms with E-state index in [0.29, 0.717) is 0 Å². The molecule has 0 atom stereocenters. The predicted octanol–water partition coefficient (Wildman–Crippen LogP) is 3.87. The van der Waals surface area contributed by atoms with Gasteiger partial charge in [-0.05, 0) is 37.1 Å². The Morgan fingerprint density at radius 1 is 0.938 bits per heavy atom. The van der Waals surface area contributed by atoms with E-state index in [0.717, 1.165) is 36.8 Å². The van der Waals surface area contributed by atoms with Gasteiger partial charge in [0, 0.05) is 5.88 Å². The molecule has 0 bridgehead atoms. The topological polar surface area (TPSA) is 18.5 Å². The summed E-state index contributed by atoms with van der Waals surface area (Å²) in [5.74, 6) is 2.52. The summed E-state index contributed by atoms with van der Waals surface area (Å²) in [5.41, 5.74) is 0. The van der Waals surface area contributed by atoms with Crippen molar-refractivity contribution in [3.8, 4) is 11.5 Å². The third kappa shape index (κ3) is 5.26. The predicted molar refractivity (Wildman–Crippen MR) is 67.7 cm³/mol. The van der Waals surface area contributed by atoms with Crippen LogP contribution in [0.4, 0.5) is 0 Å². The summed E-state index contributed by atoms with van der Waals surface area (Å²) < 4.78 is 10.7. The molecule has 1 aromatic carbocycles. The number of hydrogen-bond donors (Lipinski definition) is 0. The molecule has 90 valence electrons. The van der Waals surface area contributed by atoms with Crippen molar-refractivity contribution >= 4 is 11.6 Å². The quantitative estimate of drug-likeness (QED) is 0.509. The zero-order valence-corrected chi connectivity index (χ0v) is 10.5. The second kappa shape index (κ2) is 8.28. The summed E-state index contributed by atoms with van der Waals surface area (Å²) >= 11 is 5.60. The Balaban J connectivity index is 2.12. The van der Waals surface area contributed by atoms with Gasteiger partial charge in [0.15, 0.2) is 0 Å². The fourth-order valence-corrected chi connectivity index (χ4v) is 1.60. The minimum atomic E-state index is 0.763. The molecular formula is C13H19ClO2. The molecule has 1 rings (SSSR count). The number of benzene rings is 1. The molecule has 0 spiro atoms. The largest absolute Gasteiger partial charge is 0.497 e. The van der Waals surface area contributed by atoms with Crippen molar-refractivity contribution in [1.82, 2.24) is 0 Å². The van der Waals surface area contributed by atoms with Gasteiger partial charge in [-0.3, -0.25) is 0 Å². The third-order valence-electron chi connectivity index (χ3n) is 2.36. The van der Waals surface area contributed by atoms with Crippen molar-refractivity contribution in [2.45, 2.75) is 25.7 Å². The Hall–Kier alpha value is -0.890. The summed E-state index contributed by atoms with van der Waals surface area (Å²) in [6.45, 7) is 0.772. The van der Waals surface area contributed by atoms with Gasteiger partial charge in [0.25, 0.3) is 0 Å². The zero-order valence-electron chi connectivity index (χ0n) is 9.75. The molecule has 0 heterocycles. The summed E-state index contributed by atoms with van der Waals surface area (Å²) in [4.78, 5) is 0. The van der Waals surface area contributed by atoms with Crippen LogP contribution in [0.5, 0.6) is 11.5 Å². The Kier molecular flexibility index (Phi) is 6.82. The zero-order chi connectivity index (χ0) is 11.6. The molecule has 16 heavy (non-hydrogen) atoms. The van der Waals surface area contributed by atoms with Gasteiger partial charge >= 0.3 is 0 Å². The van der Waals surface area contributed by atoms with Crippen LogP contribution in [-0.4, -0.2) is 19.6 Å². The maximum Gasteiger partial charge on any atom is 0.119 e. The van der Waals surface area contributed by atoms with Gasteiger partial charge in [-0.15, -0.1) is 11.6 Å². The van der Waals surface area contributed by atoms with E-state index in [4.69, 9.17) is 21.1 Å². The van der Waals surface area contributed by atoms with Crippen LogP contribution in [0.1, 0.15) is 25.7 Å². The fraction of sp³-hybridized carbons (Fsp3) is 0.538. The molecule has 0 radical (unpaired) electrons. The molecule has 0 fully saturated rings. The van der Waals surface area contributed by atoms with Gasteiger partial charge in [-0.1, -0.05) is 12.8 Å². The van der Waals surface area contributed by atoms with Crippen LogP contribution < -0.4 is 9.47 Å². The van der Waals surface area contributed by atoms with E-state index < -0.39 is 0 Å². The maximum atomic E-state index is 5.60. The minimum absolute atomic E-state index is 0.763. The van der Waals surface area contributed by atoms with Crippen molar-refractivity contribution in [2.75, 3.05) is 19.6 Å². The molecule has 0 aliphatic rings. The van der Waals surface area contributed by atoms with E-state index in [1.54, 1.807) is 7.11 Å². The van der Waals surface area contributed by atoms with Crippen LogP contribution in [0.15, 0.2) is 24.3 Å². The molecule has 0 aliphatic carbocycles. The SMILES string of the molecule is COc1ccc(OCCCCCCCl)cc1. The first-order valence-electron chi connectivity index (χ1n) is 5.69. The van der Waals surface area contributed by atoms with Crippen LogP contribution in [0, 0.1) is 0 Å². The molecular weight excluding hydrogens is 224 g/mol. The lowest BCUT2D eigenvalue weighted by molar-refractivity contribution is 0.304. The van der Waals surface area contributed by atoms with Crippen LogP contribution in [-0.2, 0) is 0 Å². The van der Waals surface area contributed by atoms with Crippen LogP contribution in [0.25, 0.3) is 0 Å². The Morgan fingerprint density at radius 2 is 1.56 bits per heavy atom. The molecule has 2 nitrogen and oxygen atoms in total. The second-order valence-electron chi connectivity index (χ2n) is 3.63. The van der Waals surface area contributed by atoms with E-state index in [2.05, 4.69) is 0 Å². The molecule has 0 N–H and O–H groups in total. The van der Waals surface area contributed by atoms with Gasteiger partial charge in [0.2, 0.25) is 0 Å². The van der Waals surface area contributed by atoms with Gasteiger partial charge in [0.1, 0.15) is 11.5 Å². The average molecular weight is 243 g/mol. The Morgan fingerprint density at radius 3 is 2.19 bits per heavy atom. The van der Waals surface area contributed by atoms with E-state index in [9.17, 15) is 0 Å². The second-order valence-corrected chi connectivity index (χ2v) is 4.01. The van der Waals surface area contributed by atoms with E-state index in [-0.39, 0.29) is 0 Å². The highest BCUT2D eigenvalue weighted by Gasteiger charge is 1.95. The molecule has 3 heteroatoms. The number of halogens is 1. The summed E-state index contributed by atoms with van der Waals surface area (Å²) in [6.07, 6.45) is 4.56. The van der Waals surface area contributed by atoms with Crippen molar-refractivity contribution < 1.29 is 9.47 Å². The number of unbranched alkanes of at least 4 members (excludes halogenated alkanes) is 3. The normalized spacial score (nSPS) is 10.1. The summed E-state index contributed by atoms with van der Waals surface area (Å²) in [5, 5.41) is 0. The highest BCUT2D eigenvalue weighted by atomic mass is 35.5. The van der Waals surface area contributed by atoms with Gasteiger partial charge in [-0.2, -0.15) is 0 Å². The highest BCUT2D eigenvalue weighted by molar-refractivity contribution is 6.17. The van der Waals surface area contributed by atoms with Crippen molar-refractivity contribution in [2.24, 2.45) is 0 Å². The first-order valence-corrected chi connectivity index (χ1v) is 6.23. The number of ether oxygens (including phenoxy) is 2. The van der Waals surface area contributed by atoms with Gasteiger partial charge in [-0.25, -0.2) is 0 Å². The van der Waals surface area contributed by atoms with Crippen LogP contribution in [0.3, 0.4) is 0 Å². The van der Waals surface area contributed by atoms with Crippen molar-refractivity contribution in [3.05, 3.63) is 24.3 Å². The van der Waals surface area contributed by atoms with Gasteiger partial charge in [0.05, 0.1) is 13.7 Å². The number of hydrogen-bond acceptors (Lipinski definition) is 2. The molecule has 0 aromatic heterocycles. The number of rotatable bonds is 8. The molecule has 0 unspecified atom stereocenters.